The Hall–Kier alpha value is -2.73. The standard InChI is InChI=1S/C19H19NO2/c1-15(2)22-18-12-10-17(11-13-18)19(21)20-14-6-9-16-7-4-3-5-8-16/h3-5,7-8,10-13,15H,14H2,1-2H3,(H,20,21). The molecule has 0 atom stereocenters. The lowest BCUT2D eigenvalue weighted by molar-refractivity contribution is 0.0958. The van der Waals surface area contributed by atoms with Crippen LogP contribution in [0.25, 0.3) is 0 Å². The summed E-state index contributed by atoms with van der Waals surface area (Å²) >= 11 is 0. The van der Waals surface area contributed by atoms with Crippen molar-refractivity contribution in [3.8, 4) is 17.6 Å². The van der Waals surface area contributed by atoms with Crippen molar-refractivity contribution in [2.24, 2.45) is 0 Å². The summed E-state index contributed by atoms with van der Waals surface area (Å²) in [7, 11) is 0. The summed E-state index contributed by atoms with van der Waals surface area (Å²) in [5.41, 5.74) is 1.53. The molecule has 0 heterocycles. The fourth-order valence-electron chi connectivity index (χ4n) is 1.85. The van der Waals surface area contributed by atoms with Crippen molar-refractivity contribution in [1.29, 1.82) is 0 Å². The number of ether oxygens (including phenoxy) is 1. The molecule has 2 aromatic carbocycles. The van der Waals surface area contributed by atoms with Gasteiger partial charge in [0.05, 0.1) is 12.6 Å². The van der Waals surface area contributed by atoms with E-state index >= 15 is 0 Å². The molecule has 22 heavy (non-hydrogen) atoms. The van der Waals surface area contributed by atoms with Crippen LogP contribution in [0.15, 0.2) is 54.6 Å². The first-order valence-corrected chi connectivity index (χ1v) is 7.24. The largest absolute Gasteiger partial charge is 0.491 e. The SMILES string of the molecule is CC(C)Oc1ccc(C(=O)NCC#Cc2ccccc2)cc1. The lowest BCUT2D eigenvalue weighted by Gasteiger charge is -2.09. The number of rotatable bonds is 4. The van der Waals surface area contributed by atoms with Crippen LogP contribution >= 0.6 is 0 Å². The molecule has 0 spiro atoms. The number of hydrogen-bond acceptors (Lipinski definition) is 2. The Bertz CT molecular complexity index is 664. The Balaban J connectivity index is 1.86. The maximum Gasteiger partial charge on any atom is 0.252 e. The van der Waals surface area contributed by atoms with Crippen molar-refractivity contribution in [3.05, 3.63) is 65.7 Å². The zero-order chi connectivity index (χ0) is 15.8. The van der Waals surface area contributed by atoms with E-state index in [-0.39, 0.29) is 12.0 Å². The van der Waals surface area contributed by atoms with Crippen LogP contribution in [0.4, 0.5) is 0 Å². The molecule has 0 aliphatic carbocycles. The third-order valence-corrected chi connectivity index (χ3v) is 2.83. The van der Waals surface area contributed by atoms with Crippen LogP contribution in [0.1, 0.15) is 29.8 Å². The minimum atomic E-state index is -0.140. The average Bonchev–Trinajstić information content (AvgIpc) is 2.52. The Kier molecular flexibility index (Phi) is 5.62. The van der Waals surface area contributed by atoms with E-state index in [4.69, 9.17) is 4.74 Å². The smallest absolute Gasteiger partial charge is 0.252 e. The van der Waals surface area contributed by atoms with Gasteiger partial charge in [-0.25, -0.2) is 0 Å². The minimum absolute atomic E-state index is 0.118. The molecule has 0 fully saturated rings. The topological polar surface area (TPSA) is 38.3 Å². The van der Waals surface area contributed by atoms with Gasteiger partial charge in [-0.2, -0.15) is 0 Å². The summed E-state index contributed by atoms with van der Waals surface area (Å²) in [5.74, 6) is 6.55. The molecule has 0 saturated heterocycles. The molecular weight excluding hydrogens is 274 g/mol. The molecular formula is C19H19NO2. The third-order valence-electron chi connectivity index (χ3n) is 2.83. The number of carbonyl (C=O) groups excluding carboxylic acids is 1. The van der Waals surface area contributed by atoms with E-state index in [1.54, 1.807) is 24.3 Å². The van der Waals surface area contributed by atoms with Gasteiger partial charge in [0.15, 0.2) is 0 Å². The first kappa shape index (κ1) is 15.7. The quantitative estimate of drug-likeness (QED) is 0.879. The van der Waals surface area contributed by atoms with E-state index < -0.39 is 0 Å². The molecule has 2 aromatic rings. The zero-order valence-corrected chi connectivity index (χ0v) is 12.8. The minimum Gasteiger partial charge on any atom is -0.491 e. The highest BCUT2D eigenvalue weighted by Gasteiger charge is 2.04. The van der Waals surface area contributed by atoms with Gasteiger partial charge >= 0.3 is 0 Å². The first-order valence-electron chi connectivity index (χ1n) is 7.24. The fraction of sp³-hybridized carbons (Fsp3) is 0.211. The van der Waals surface area contributed by atoms with Crippen LogP contribution in [0.2, 0.25) is 0 Å². The van der Waals surface area contributed by atoms with Crippen LogP contribution in [-0.4, -0.2) is 18.6 Å². The highest BCUT2D eigenvalue weighted by molar-refractivity contribution is 5.94. The maximum absolute atomic E-state index is 12.0. The monoisotopic (exact) mass is 293 g/mol. The zero-order valence-electron chi connectivity index (χ0n) is 12.8. The molecule has 3 heteroatoms. The summed E-state index contributed by atoms with van der Waals surface area (Å²) in [5, 5.41) is 2.78. The summed E-state index contributed by atoms with van der Waals surface area (Å²) in [6.07, 6.45) is 0.118. The number of nitrogens with one attached hydrogen (secondary N) is 1. The summed E-state index contributed by atoms with van der Waals surface area (Å²) in [6, 6.07) is 16.8. The van der Waals surface area contributed by atoms with Crippen LogP contribution in [-0.2, 0) is 0 Å². The highest BCUT2D eigenvalue weighted by Crippen LogP contribution is 2.13. The Morgan fingerprint density at radius 2 is 1.77 bits per heavy atom. The van der Waals surface area contributed by atoms with Gasteiger partial charge in [0, 0.05) is 11.1 Å². The van der Waals surface area contributed by atoms with Crippen LogP contribution in [0.5, 0.6) is 5.75 Å². The summed E-state index contributed by atoms with van der Waals surface area (Å²) in [4.78, 5) is 12.0. The van der Waals surface area contributed by atoms with Gasteiger partial charge in [0.2, 0.25) is 0 Å². The molecule has 3 nitrogen and oxygen atoms in total. The Morgan fingerprint density at radius 3 is 2.41 bits per heavy atom. The molecule has 0 unspecified atom stereocenters. The van der Waals surface area contributed by atoms with Crippen LogP contribution < -0.4 is 10.1 Å². The Morgan fingerprint density at radius 1 is 1.09 bits per heavy atom. The first-order chi connectivity index (χ1) is 10.6. The van der Waals surface area contributed by atoms with Gasteiger partial charge in [-0.1, -0.05) is 30.0 Å². The second kappa shape index (κ2) is 7.90. The van der Waals surface area contributed by atoms with Gasteiger partial charge in [-0.05, 0) is 50.2 Å². The van der Waals surface area contributed by atoms with E-state index in [1.807, 2.05) is 44.2 Å². The number of amides is 1. The number of carbonyl (C=O) groups is 1. The fourth-order valence-corrected chi connectivity index (χ4v) is 1.85. The molecule has 0 aliphatic rings. The average molecular weight is 293 g/mol. The van der Waals surface area contributed by atoms with Crippen molar-refractivity contribution in [1.82, 2.24) is 5.32 Å². The van der Waals surface area contributed by atoms with Gasteiger partial charge in [0.1, 0.15) is 5.75 Å². The molecule has 0 saturated carbocycles. The normalized spacial score (nSPS) is 9.77. The molecule has 0 radical (unpaired) electrons. The number of benzene rings is 2. The highest BCUT2D eigenvalue weighted by atomic mass is 16.5. The Labute approximate surface area is 131 Å². The molecule has 1 amide bonds. The molecule has 0 bridgehead atoms. The van der Waals surface area contributed by atoms with Crippen molar-refractivity contribution >= 4 is 5.91 Å². The van der Waals surface area contributed by atoms with Crippen LogP contribution in [0.3, 0.4) is 0 Å². The molecule has 0 aliphatic heterocycles. The van der Waals surface area contributed by atoms with Crippen molar-refractivity contribution in [3.63, 3.8) is 0 Å². The summed E-state index contributed by atoms with van der Waals surface area (Å²) < 4.78 is 5.54. The predicted octanol–water partition coefficient (Wildman–Crippen LogP) is 3.26. The van der Waals surface area contributed by atoms with Crippen molar-refractivity contribution in [2.75, 3.05) is 6.54 Å². The number of hydrogen-bond donors (Lipinski definition) is 1. The second-order valence-electron chi connectivity index (χ2n) is 5.04. The lowest BCUT2D eigenvalue weighted by Crippen LogP contribution is -2.23. The van der Waals surface area contributed by atoms with E-state index in [9.17, 15) is 4.79 Å². The van der Waals surface area contributed by atoms with Crippen LogP contribution in [0, 0.1) is 11.8 Å². The summed E-state index contributed by atoms with van der Waals surface area (Å²) in [6.45, 7) is 4.25. The predicted molar refractivity (Wildman–Crippen MR) is 87.9 cm³/mol. The lowest BCUT2D eigenvalue weighted by atomic mass is 10.2. The molecule has 2 rings (SSSR count). The van der Waals surface area contributed by atoms with Gasteiger partial charge in [-0.15, -0.1) is 0 Å². The third kappa shape index (κ3) is 4.99. The van der Waals surface area contributed by atoms with Crippen molar-refractivity contribution < 1.29 is 9.53 Å². The van der Waals surface area contributed by atoms with Gasteiger partial charge in [0.25, 0.3) is 5.91 Å². The second-order valence-corrected chi connectivity index (χ2v) is 5.04. The van der Waals surface area contributed by atoms with E-state index in [0.717, 1.165) is 11.3 Å². The van der Waals surface area contributed by atoms with Gasteiger partial charge in [-0.3, -0.25) is 4.79 Å². The van der Waals surface area contributed by atoms with Gasteiger partial charge < -0.3 is 10.1 Å². The maximum atomic E-state index is 12.0. The molecule has 0 aromatic heterocycles. The van der Waals surface area contributed by atoms with Crippen molar-refractivity contribution in [2.45, 2.75) is 20.0 Å². The van der Waals surface area contributed by atoms with E-state index in [1.165, 1.54) is 0 Å². The van der Waals surface area contributed by atoms with E-state index in [2.05, 4.69) is 17.2 Å². The van der Waals surface area contributed by atoms with E-state index in [0.29, 0.717) is 12.1 Å². The molecule has 1 N–H and O–H groups in total. The molecule has 112 valence electrons.